The van der Waals surface area contributed by atoms with Gasteiger partial charge in [-0.3, -0.25) is 0 Å². The fraction of sp³-hybridized carbons (Fsp3) is 0.543. The Morgan fingerprint density at radius 3 is 1.21 bits per heavy atom. The number of carbonyl (C=O) groups is 1. The van der Waals surface area contributed by atoms with Gasteiger partial charge in [0.15, 0.2) is 0 Å². The standard InChI is InChI=1S/C18H38.C8H8.C4H6O2.C3H3N.C2H3Cl/c1-3-5-7-9-11-13-15-17-18-16-14-12-10-8-6-4-2;1-2-8-6-4-3-5-7-8;1-3(2)4(5)6;1-2-3-4;1-2-3/h3-18H2,1-2H3;2-7H,1H2;1H2,2H3,(H,5,6);2H,1H2;2H,1H2. The molecule has 0 bridgehead atoms. The van der Waals surface area contributed by atoms with Crippen LogP contribution < -0.4 is 0 Å². The SMILES string of the molecule is C=C(C)C(=O)O.C=CC#N.C=CCl.C=Cc1ccccc1.CCCCCCCCCCCCCCCCCC. The van der Waals surface area contributed by atoms with E-state index < -0.39 is 5.97 Å². The Balaban J connectivity index is -0.000000238. The predicted molar refractivity (Wildman–Crippen MR) is 176 cm³/mol. The molecule has 0 atom stereocenters. The predicted octanol–water partition coefficient (Wildman–Crippen LogP) is 12.3. The van der Waals surface area contributed by atoms with E-state index in [1.54, 1.807) is 6.07 Å². The van der Waals surface area contributed by atoms with E-state index in [2.05, 4.69) is 40.2 Å². The average Bonchev–Trinajstić information content (AvgIpc) is 2.95. The van der Waals surface area contributed by atoms with Crippen LogP contribution in [0.1, 0.15) is 129 Å². The van der Waals surface area contributed by atoms with Gasteiger partial charge in [-0.2, -0.15) is 5.26 Å². The zero-order valence-electron chi connectivity index (χ0n) is 25.4. The summed E-state index contributed by atoms with van der Waals surface area (Å²) in [5, 5.41) is 15.4. The third-order valence-corrected chi connectivity index (χ3v) is 5.45. The minimum atomic E-state index is -0.935. The third-order valence-electron chi connectivity index (χ3n) is 5.45. The summed E-state index contributed by atoms with van der Waals surface area (Å²) in [5.74, 6) is -0.935. The highest BCUT2D eigenvalue weighted by molar-refractivity contribution is 6.25. The van der Waals surface area contributed by atoms with Crippen molar-refractivity contribution in [3.05, 3.63) is 79.4 Å². The van der Waals surface area contributed by atoms with E-state index in [0.29, 0.717) is 0 Å². The van der Waals surface area contributed by atoms with Crippen molar-refractivity contribution in [1.82, 2.24) is 0 Å². The van der Waals surface area contributed by atoms with E-state index >= 15 is 0 Å². The Morgan fingerprint density at radius 1 is 0.795 bits per heavy atom. The smallest absolute Gasteiger partial charge is 0.330 e. The van der Waals surface area contributed by atoms with Crippen LogP contribution in [-0.4, -0.2) is 11.1 Å². The van der Waals surface area contributed by atoms with Gasteiger partial charge in [-0.25, -0.2) is 4.79 Å². The number of carboxylic acids is 1. The molecule has 0 unspecified atom stereocenters. The van der Waals surface area contributed by atoms with Crippen molar-refractivity contribution in [2.24, 2.45) is 0 Å². The Morgan fingerprint density at radius 2 is 1.05 bits per heavy atom. The van der Waals surface area contributed by atoms with E-state index in [4.69, 9.17) is 22.0 Å². The second kappa shape index (κ2) is 42.5. The number of carboxylic acid groups (broad SMARTS) is 1. The van der Waals surface area contributed by atoms with Crippen LogP contribution in [0.4, 0.5) is 0 Å². The Bertz CT molecular complexity index is 679. The molecule has 39 heavy (non-hydrogen) atoms. The van der Waals surface area contributed by atoms with Crippen molar-refractivity contribution in [3.63, 3.8) is 0 Å². The number of benzene rings is 1. The lowest BCUT2D eigenvalue weighted by Crippen LogP contribution is -1.92. The van der Waals surface area contributed by atoms with Crippen molar-refractivity contribution < 1.29 is 9.90 Å². The molecule has 1 N–H and O–H groups in total. The van der Waals surface area contributed by atoms with Crippen LogP contribution in [0.15, 0.2) is 73.8 Å². The maximum absolute atomic E-state index is 9.60. The number of hydrogen-bond donors (Lipinski definition) is 1. The molecular formula is C35H58ClNO2. The second-order valence-electron chi connectivity index (χ2n) is 9.14. The van der Waals surface area contributed by atoms with Crippen LogP contribution in [0.25, 0.3) is 6.08 Å². The third kappa shape index (κ3) is 52.6. The number of unbranched alkanes of at least 4 members (excludes halogenated alkanes) is 15. The molecule has 0 heterocycles. The monoisotopic (exact) mass is 559 g/mol. The number of rotatable bonds is 17. The molecule has 0 radical (unpaired) electrons. The number of nitriles is 1. The summed E-state index contributed by atoms with van der Waals surface area (Å²) < 4.78 is 0. The number of hydrogen-bond acceptors (Lipinski definition) is 2. The summed E-state index contributed by atoms with van der Waals surface area (Å²) in [7, 11) is 0. The highest BCUT2D eigenvalue weighted by Gasteiger charge is 1.93. The second-order valence-corrected chi connectivity index (χ2v) is 9.45. The summed E-state index contributed by atoms with van der Waals surface area (Å²) >= 11 is 4.76. The fourth-order valence-electron chi connectivity index (χ4n) is 3.21. The van der Waals surface area contributed by atoms with Gasteiger partial charge in [-0.1, -0.05) is 191 Å². The molecule has 3 nitrogen and oxygen atoms in total. The van der Waals surface area contributed by atoms with Crippen molar-refractivity contribution in [2.45, 2.75) is 124 Å². The molecule has 222 valence electrons. The van der Waals surface area contributed by atoms with Crippen molar-refractivity contribution >= 4 is 23.6 Å². The number of nitrogens with zero attached hydrogens (tertiary/aromatic N) is 1. The maximum atomic E-state index is 9.60. The fourth-order valence-corrected chi connectivity index (χ4v) is 3.21. The highest BCUT2D eigenvalue weighted by atomic mass is 35.5. The first-order valence-electron chi connectivity index (χ1n) is 14.6. The van der Waals surface area contributed by atoms with Gasteiger partial charge in [-0.05, 0) is 18.0 Å². The van der Waals surface area contributed by atoms with Crippen molar-refractivity contribution in [3.8, 4) is 6.07 Å². The number of allylic oxidation sites excluding steroid dienone is 1. The molecule has 0 aliphatic rings. The largest absolute Gasteiger partial charge is 0.478 e. The molecule has 4 heteroatoms. The Kier molecular flexibility index (Phi) is 47.4. The van der Waals surface area contributed by atoms with E-state index in [1.165, 1.54) is 127 Å². The van der Waals surface area contributed by atoms with E-state index in [-0.39, 0.29) is 5.57 Å². The maximum Gasteiger partial charge on any atom is 0.330 e. The summed E-state index contributed by atoms with van der Waals surface area (Å²) in [5.41, 5.74) is 2.57. The van der Waals surface area contributed by atoms with Crippen molar-refractivity contribution in [2.75, 3.05) is 0 Å². The van der Waals surface area contributed by atoms with Crippen LogP contribution in [-0.2, 0) is 4.79 Å². The van der Waals surface area contributed by atoms with Crippen LogP contribution in [0.5, 0.6) is 0 Å². The van der Waals surface area contributed by atoms with Gasteiger partial charge >= 0.3 is 5.97 Å². The molecule has 0 saturated carbocycles. The van der Waals surface area contributed by atoms with Gasteiger partial charge in [0.1, 0.15) is 0 Å². The van der Waals surface area contributed by atoms with Crippen LogP contribution in [0.2, 0.25) is 0 Å². The lowest BCUT2D eigenvalue weighted by atomic mass is 10.0. The molecule has 1 aromatic rings. The zero-order valence-corrected chi connectivity index (χ0v) is 26.2. The van der Waals surface area contributed by atoms with Gasteiger partial charge in [0, 0.05) is 11.6 Å². The van der Waals surface area contributed by atoms with Gasteiger partial charge in [-0.15, -0.1) is 0 Å². The summed E-state index contributed by atoms with van der Waals surface area (Å²) in [6.45, 7) is 19.1. The average molecular weight is 560 g/mol. The van der Waals surface area contributed by atoms with E-state index in [0.717, 1.165) is 0 Å². The molecule has 1 rings (SSSR count). The molecule has 0 saturated heterocycles. The van der Waals surface area contributed by atoms with Gasteiger partial charge in [0.05, 0.1) is 6.07 Å². The lowest BCUT2D eigenvalue weighted by molar-refractivity contribution is -0.132. The molecular weight excluding hydrogens is 502 g/mol. The molecule has 0 aliphatic carbocycles. The molecule has 0 amide bonds. The molecule has 0 aromatic heterocycles. The van der Waals surface area contributed by atoms with Gasteiger partial charge in [0.2, 0.25) is 0 Å². The Labute approximate surface area is 247 Å². The van der Waals surface area contributed by atoms with E-state index in [9.17, 15) is 4.79 Å². The summed E-state index contributed by atoms with van der Waals surface area (Å²) in [6.07, 6.45) is 26.4. The quantitative estimate of drug-likeness (QED) is 0.117. The zero-order chi connectivity index (χ0) is 30.4. The molecule has 0 aliphatic heterocycles. The van der Waals surface area contributed by atoms with Crippen LogP contribution in [0.3, 0.4) is 0 Å². The van der Waals surface area contributed by atoms with E-state index in [1.807, 2.05) is 36.4 Å². The van der Waals surface area contributed by atoms with Gasteiger partial charge in [0.25, 0.3) is 0 Å². The molecule has 0 spiro atoms. The molecule has 0 fully saturated rings. The highest BCUT2D eigenvalue weighted by Crippen LogP contribution is 2.13. The minimum Gasteiger partial charge on any atom is -0.478 e. The molecule has 1 aromatic carbocycles. The number of aliphatic carboxylic acids is 1. The minimum absolute atomic E-state index is 0.176. The van der Waals surface area contributed by atoms with Crippen LogP contribution in [0, 0.1) is 11.3 Å². The van der Waals surface area contributed by atoms with Crippen molar-refractivity contribution in [1.29, 1.82) is 5.26 Å². The van der Waals surface area contributed by atoms with Gasteiger partial charge < -0.3 is 5.11 Å². The Hall–Kier alpha value is -2.57. The normalized spacial score (nSPS) is 8.69. The first-order valence-corrected chi connectivity index (χ1v) is 15.0. The summed E-state index contributed by atoms with van der Waals surface area (Å²) in [4.78, 5) is 9.60. The number of halogens is 1. The van der Waals surface area contributed by atoms with Crippen LogP contribution >= 0.6 is 11.6 Å². The summed E-state index contributed by atoms with van der Waals surface area (Å²) in [6, 6.07) is 11.7. The lowest BCUT2D eigenvalue weighted by Gasteiger charge is -2.03. The topological polar surface area (TPSA) is 61.1 Å². The first kappa shape index (κ1) is 43.5. The first-order chi connectivity index (χ1) is 18.8.